The molecule has 2 rings (SSSR count). The number of likely N-dealkylation sites (tertiary alicyclic amines) is 1. The van der Waals surface area contributed by atoms with E-state index in [2.05, 4.69) is 11.8 Å². The van der Waals surface area contributed by atoms with Gasteiger partial charge in [-0.2, -0.15) is 0 Å². The second kappa shape index (κ2) is 9.47. The number of nitro groups is 3. The fraction of sp³-hybridized carbons (Fsp3) is 0.571. The summed E-state index contributed by atoms with van der Waals surface area (Å²) in [5.74, 6) is -1.21. The van der Waals surface area contributed by atoms with E-state index < -0.39 is 37.6 Å². The van der Waals surface area contributed by atoms with Crippen LogP contribution in [-0.2, 0) is 0 Å². The molecule has 1 N–H and O–H groups in total. The number of hydrogen-bond acceptors (Lipinski definition) is 8. The van der Waals surface area contributed by atoms with Crippen LogP contribution in [-0.4, -0.2) is 44.4 Å². The average molecular weight is 356 g/mol. The highest BCUT2D eigenvalue weighted by Crippen LogP contribution is 2.38. The standard InChI is InChI=1S/C8H17N.C6H3N3O7/c1-2-3-6-9-7-4-5-8-9;10-6-4(8(13)14)1-3(7(11)12)2-5(6)9(15)16/h2-8H2,1H3;1-2,10H. The molecule has 11 nitrogen and oxygen atoms in total. The van der Waals surface area contributed by atoms with Gasteiger partial charge in [-0.1, -0.05) is 13.3 Å². The lowest BCUT2D eigenvalue weighted by Crippen LogP contribution is -2.19. The summed E-state index contributed by atoms with van der Waals surface area (Å²) in [5.41, 5.74) is -3.00. The van der Waals surface area contributed by atoms with Crippen molar-refractivity contribution in [1.82, 2.24) is 4.90 Å². The van der Waals surface area contributed by atoms with Gasteiger partial charge in [0.25, 0.3) is 11.4 Å². The number of nitro benzene ring substituents is 3. The van der Waals surface area contributed by atoms with E-state index in [-0.39, 0.29) is 0 Å². The molecular formula is C14H20N4O7. The predicted octanol–water partition coefficient (Wildman–Crippen LogP) is 3.00. The maximum Gasteiger partial charge on any atom is 0.324 e. The summed E-state index contributed by atoms with van der Waals surface area (Å²) in [6.07, 6.45) is 5.60. The van der Waals surface area contributed by atoms with E-state index >= 15 is 0 Å². The summed E-state index contributed by atoms with van der Waals surface area (Å²) < 4.78 is 0. The Kier molecular flexibility index (Phi) is 7.66. The molecule has 0 amide bonds. The van der Waals surface area contributed by atoms with Gasteiger partial charge in [-0.15, -0.1) is 0 Å². The van der Waals surface area contributed by atoms with Crippen LogP contribution in [0.3, 0.4) is 0 Å². The van der Waals surface area contributed by atoms with Crippen molar-refractivity contribution in [2.24, 2.45) is 0 Å². The molecule has 1 aliphatic rings. The molecule has 1 aromatic rings. The van der Waals surface area contributed by atoms with Crippen LogP contribution in [0.1, 0.15) is 32.6 Å². The van der Waals surface area contributed by atoms with Gasteiger partial charge in [0.05, 0.1) is 26.9 Å². The Labute approximate surface area is 143 Å². The van der Waals surface area contributed by atoms with Gasteiger partial charge >= 0.3 is 11.4 Å². The van der Waals surface area contributed by atoms with E-state index in [9.17, 15) is 30.3 Å². The fourth-order valence-corrected chi connectivity index (χ4v) is 2.36. The first-order valence-corrected chi connectivity index (χ1v) is 7.80. The van der Waals surface area contributed by atoms with Crippen LogP contribution in [0.25, 0.3) is 0 Å². The second-order valence-electron chi connectivity index (χ2n) is 5.51. The lowest BCUT2D eigenvalue weighted by molar-refractivity contribution is -0.404. The number of benzene rings is 1. The maximum atomic E-state index is 10.4. The van der Waals surface area contributed by atoms with Gasteiger partial charge in [0.1, 0.15) is 0 Å². The highest BCUT2D eigenvalue weighted by molar-refractivity contribution is 5.64. The number of phenols is 1. The Morgan fingerprint density at radius 1 is 1.00 bits per heavy atom. The highest BCUT2D eigenvalue weighted by Gasteiger charge is 2.30. The molecule has 0 atom stereocenters. The Bertz CT molecular complexity index is 609. The van der Waals surface area contributed by atoms with Crippen molar-refractivity contribution in [1.29, 1.82) is 0 Å². The molecule has 1 aromatic carbocycles. The van der Waals surface area contributed by atoms with Gasteiger partial charge in [-0.3, -0.25) is 30.3 Å². The SMILES string of the molecule is CCCCN1CCCC1.O=[N+]([O-])c1cc([N+](=O)[O-])c(O)c([N+](=O)[O-])c1. The summed E-state index contributed by atoms with van der Waals surface area (Å²) in [7, 11) is 0. The molecule has 0 aliphatic carbocycles. The van der Waals surface area contributed by atoms with E-state index in [1.165, 1.54) is 45.3 Å². The van der Waals surface area contributed by atoms with Crippen LogP contribution in [0, 0.1) is 30.3 Å². The first-order chi connectivity index (χ1) is 11.8. The molecule has 1 aliphatic heterocycles. The first-order valence-electron chi connectivity index (χ1n) is 7.80. The molecule has 11 heteroatoms. The number of hydrogen-bond donors (Lipinski definition) is 1. The highest BCUT2D eigenvalue weighted by atomic mass is 16.6. The fourth-order valence-electron chi connectivity index (χ4n) is 2.36. The molecule has 0 radical (unpaired) electrons. The van der Waals surface area contributed by atoms with E-state index in [1.54, 1.807) is 0 Å². The number of rotatable bonds is 6. The van der Waals surface area contributed by atoms with Crippen molar-refractivity contribution < 1.29 is 19.9 Å². The molecular weight excluding hydrogens is 336 g/mol. The molecule has 1 saturated heterocycles. The van der Waals surface area contributed by atoms with Gasteiger partial charge in [0, 0.05) is 0 Å². The first kappa shape index (κ1) is 20.2. The minimum atomic E-state index is -1.21. The zero-order chi connectivity index (χ0) is 19.0. The van der Waals surface area contributed by atoms with Crippen molar-refractivity contribution in [2.75, 3.05) is 19.6 Å². The molecule has 0 unspecified atom stereocenters. The lowest BCUT2D eigenvalue weighted by Gasteiger charge is -2.12. The van der Waals surface area contributed by atoms with Crippen LogP contribution in [0.4, 0.5) is 17.1 Å². The second-order valence-corrected chi connectivity index (χ2v) is 5.51. The van der Waals surface area contributed by atoms with Crippen LogP contribution in [0.2, 0.25) is 0 Å². The van der Waals surface area contributed by atoms with Crippen molar-refractivity contribution in [3.05, 3.63) is 42.5 Å². The number of phenolic OH excluding ortho intramolecular Hbond substituents is 1. The summed E-state index contributed by atoms with van der Waals surface area (Å²) in [5, 5.41) is 40.2. The quantitative estimate of drug-likeness (QED) is 0.602. The number of aromatic hydroxyl groups is 1. The topological polar surface area (TPSA) is 153 Å². The average Bonchev–Trinajstić information content (AvgIpc) is 3.06. The molecule has 1 fully saturated rings. The van der Waals surface area contributed by atoms with Crippen molar-refractivity contribution in [3.8, 4) is 5.75 Å². The summed E-state index contributed by atoms with van der Waals surface area (Å²) in [6, 6.07) is 0.894. The van der Waals surface area contributed by atoms with Gasteiger partial charge in [0.15, 0.2) is 0 Å². The Morgan fingerprint density at radius 3 is 1.84 bits per heavy atom. The summed E-state index contributed by atoms with van der Waals surface area (Å²) >= 11 is 0. The third-order valence-electron chi connectivity index (χ3n) is 3.69. The molecule has 138 valence electrons. The Hall–Kier alpha value is -2.82. The molecule has 0 bridgehead atoms. The van der Waals surface area contributed by atoms with Crippen molar-refractivity contribution in [2.45, 2.75) is 32.6 Å². The van der Waals surface area contributed by atoms with Crippen LogP contribution in [0.5, 0.6) is 5.75 Å². The van der Waals surface area contributed by atoms with Crippen molar-refractivity contribution in [3.63, 3.8) is 0 Å². The van der Waals surface area contributed by atoms with Crippen LogP contribution in [0.15, 0.2) is 12.1 Å². The molecule has 25 heavy (non-hydrogen) atoms. The lowest BCUT2D eigenvalue weighted by atomic mass is 10.2. The van der Waals surface area contributed by atoms with E-state index in [0.29, 0.717) is 12.1 Å². The van der Waals surface area contributed by atoms with Gasteiger partial charge < -0.3 is 10.0 Å². The van der Waals surface area contributed by atoms with Gasteiger partial charge in [0.2, 0.25) is 0 Å². The third kappa shape index (κ3) is 5.95. The number of nitrogens with zero attached hydrogens (tertiary/aromatic N) is 4. The number of unbranched alkanes of at least 4 members (excludes halogenated alkanes) is 1. The minimum Gasteiger partial charge on any atom is -0.497 e. The molecule has 0 saturated carbocycles. The molecule has 0 aromatic heterocycles. The zero-order valence-electron chi connectivity index (χ0n) is 13.8. The summed E-state index contributed by atoms with van der Waals surface area (Å²) in [6.45, 7) is 6.33. The molecule has 0 spiro atoms. The van der Waals surface area contributed by atoms with Gasteiger partial charge in [-0.25, -0.2) is 0 Å². The monoisotopic (exact) mass is 356 g/mol. The smallest absolute Gasteiger partial charge is 0.324 e. The predicted molar refractivity (Wildman–Crippen MR) is 88.7 cm³/mol. The molecule has 1 heterocycles. The number of non-ortho nitro benzene ring substituents is 1. The Morgan fingerprint density at radius 2 is 1.48 bits per heavy atom. The van der Waals surface area contributed by atoms with E-state index in [1.807, 2.05) is 0 Å². The van der Waals surface area contributed by atoms with Crippen molar-refractivity contribution >= 4 is 17.1 Å². The largest absolute Gasteiger partial charge is 0.497 e. The Balaban J connectivity index is 0.000000293. The van der Waals surface area contributed by atoms with E-state index in [0.717, 1.165) is 0 Å². The minimum absolute atomic E-state index is 0.447. The normalized spacial score (nSPS) is 13.8. The van der Waals surface area contributed by atoms with E-state index in [4.69, 9.17) is 5.11 Å². The van der Waals surface area contributed by atoms with Crippen LogP contribution < -0.4 is 0 Å². The zero-order valence-corrected chi connectivity index (χ0v) is 13.8. The summed E-state index contributed by atoms with van der Waals surface area (Å²) in [4.78, 5) is 30.3. The third-order valence-corrected chi connectivity index (χ3v) is 3.69. The maximum absolute atomic E-state index is 10.4. The van der Waals surface area contributed by atoms with Crippen LogP contribution >= 0.6 is 0 Å². The van der Waals surface area contributed by atoms with Gasteiger partial charge in [-0.05, 0) is 38.9 Å².